The predicted molar refractivity (Wildman–Crippen MR) is 196 cm³/mol. The molecule has 3 aromatic heterocycles. The zero-order chi connectivity index (χ0) is 31.6. The van der Waals surface area contributed by atoms with Gasteiger partial charge in [-0.25, -0.2) is 0 Å². The summed E-state index contributed by atoms with van der Waals surface area (Å²) in [6.45, 7) is 0. The molecular weight excluding hydrogens is 655 g/mol. The van der Waals surface area contributed by atoms with Crippen LogP contribution in [0, 0.1) is 0 Å². The molecule has 0 bridgehead atoms. The molecule has 224 valence electrons. The Labute approximate surface area is 280 Å². The monoisotopic (exact) mass is 680 g/mol. The van der Waals surface area contributed by atoms with Gasteiger partial charge in [-0.05, 0) is 0 Å². The van der Waals surface area contributed by atoms with Gasteiger partial charge in [0.15, 0.2) is 0 Å². The van der Waals surface area contributed by atoms with Gasteiger partial charge in [-0.1, -0.05) is 12.1 Å². The van der Waals surface area contributed by atoms with Crippen LogP contribution < -0.4 is 0 Å². The van der Waals surface area contributed by atoms with Crippen LogP contribution in [0.1, 0.15) is 0 Å². The second-order valence-corrected chi connectivity index (χ2v) is 14.1. The van der Waals surface area contributed by atoms with E-state index >= 15 is 0 Å². The fourth-order valence-electron chi connectivity index (χ4n) is 6.64. The van der Waals surface area contributed by atoms with Crippen LogP contribution in [0.15, 0.2) is 150 Å². The summed E-state index contributed by atoms with van der Waals surface area (Å²) in [5.41, 5.74) is 5.64. The first kappa shape index (κ1) is 27.2. The maximum absolute atomic E-state index is 6.26. The summed E-state index contributed by atoms with van der Waals surface area (Å²) >= 11 is 0.0896. The molecule has 10 rings (SSSR count). The van der Waals surface area contributed by atoms with Crippen LogP contribution in [0.3, 0.4) is 0 Å². The molecule has 0 fully saturated rings. The molecular formula is C42H24N4OSe. The molecule has 0 aliphatic heterocycles. The standard InChI is InChI=1S/C42H24N4OSe/c1-4-10-27(11-5-1)39-44-40(28-12-6-2-7-13-28)46-41(45-39)30-19-17-25-16-18-26-20-23-34-36(35(26)32(25)24-30)31-21-22-33-37(38(31)48-34)43-42(47-33)29-14-8-3-9-15-29/h1-24H. The molecule has 0 saturated heterocycles. The molecule has 0 unspecified atom stereocenters. The molecule has 48 heavy (non-hydrogen) atoms. The minimum absolute atomic E-state index is 0.0896. The Morgan fingerprint density at radius 3 is 1.71 bits per heavy atom. The van der Waals surface area contributed by atoms with Crippen molar-refractivity contribution >= 4 is 66.4 Å². The van der Waals surface area contributed by atoms with Crippen molar-refractivity contribution in [1.29, 1.82) is 0 Å². The van der Waals surface area contributed by atoms with E-state index in [4.69, 9.17) is 24.4 Å². The SMILES string of the molecule is c1ccc(-c2nc(-c3ccccc3)nc(-c3ccc4ccc5ccc6[se]c7c(ccc8oc(-c9ccccc9)nc87)c6c5c4c3)n2)cc1. The third-order valence-electron chi connectivity index (χ3n) is 8.94. The Morgan fingerprint density at radius 1 is 0.438 bits per heavy atom. The fraction of sp³-hybridized carbons (Fsp3) is 0. The van der Waals surface area contributed by atoms with Crippen LogP contribution in [0.4, 0.5) is 0 Å². The van der Waals surface area contributed by atoms with Crippen LogP contribution >= 0.6 is 0 Å². The van der Waals surface area contributed by atoms with Gasteiger partial charge in [-0.15, -0.1) is 0 Å². The second-order valence-electron chi connectivity index (χ2n) is 11.9. The van der Waals surface area contributed by atoms with Gasteiger partial charge in [0.25, 0.3) is 0 Å². The van der Waals surface area contributed by atoms with E-state index in [9.17, 15) is 0 Å². The average Bonchev–Trinajstić information content (AvgIpc) is 3.78. The molecule has 0 atom stereocenters. The van der Waals surface area contributed by atoms with E-state index in [0.29, 0.717) is 23.4 Å². The molecule has 5 nitrogen and oxygen atoms in total. The first-order valence-corrected chi connectivity index (χ1v) is 17.5. The number of rotatable bonds is 4. The molecule has 0 amide bonds. The number of oxazole rings is 1. The summed E-state index contributed by atoms with van der Waals surface area (Å²) in [4.78, 5) is 20.0. The van der Waals surface area contributed by atoms with Gasteiger partial charge < -0.3 is 0 Å². The Bertz CT molecular complexity index is 2770. The number of aromatic nitrogens is 4. The summed E-state index contributed by atoms with van der Waals surface area (Å²) in [7, 11) is 0. The third kappa shape index (κ3) is 4.38. The van der Waals surface area contributed by atoms with E-state index in [0.717, 1.165) is 33.4 Å². The van der Waals surface area contributed by atoms with Crippen molar-refractivity contribution in [3.63, 3.8) is 0 Å². The van der Waals surface area contributed by atoms with Gasteiger partial charge in [0.2, 0.25) is 0 Å². The normalized spacial score (nSPS) is 11.8. The minimum atomic E-state index is 0.0896. The zero-order valence-electron chi connectivity index (χ0n) is 25.5. The van der Waals surface area contributed by atoms with Gasteiger partial charge in [-0.3, -0.25) is 0 Å². The number of hydrogen-bond acceptors (Lipinski definition) is 5. The molecule has 3 heterocycles. The van der Waals surface area contributed by atoms with Crippen LogP contribution in [0.2, 0.25) is 0 Å². The maximum atomic E-state index is 6.26. The summed E-state index contributed by atoms with van der Waals surface area (Å²) in [6.07, 6.45) is 0. The van der Waals surface area contributed by atoms with E-state index in [-0.39, 0.29) is 14.5 Å². The Morgan fingerprint density at radius 2 is 1.02 bits per heavy atom. The van der Waals surface area contributed by atoms with Crippen LogP contribution in [-0.2, 0) is 0 Å². The van der Waals surface area contributed by atoms with E-state index in [1.165, 1.54) is 40.8 Å². The summed E-state index contributed by atoms with van der Waals surface area (Å²) in [6, 6.07) is 50.2. The van der Waals surface area contributed by atoms with Crippen LogP contribution in [0.25, 0.3) is 97.6 Å². The van der Waals surface area contributed by atoms with Crippen molar-refractivity contribution in [2.45, 2.75) is 0 Å². The Kier molecular flexibility index (Phi) is 6.13. The first-order chi connectivity index (χ1) is 23.8. The number of hydrogen-bond donors (Lipinski definition) is 0. The van der Waals surface area contributed by atoms with E-state index in [1.807, 2.05) is 91.0 Å². The topological polar surface area (TPSA) is 64.7 Å². The van der Waals surface area contributed by atoms with E-state index in [2.05, 4.69) is 54.6 Å². The molecule has 7 aromatic carbocycles. The van der Waals surface area contributed by atoms with Gasteiger partial charge in [0.1, 0.15) is 0 Å². The van der Waals surface area contributed by atoms with Crippen LogP contribution in [-0.4, -0.2) is 34.4 Å². The summed E-state index contributed by atoms with van der Waals surface area (Å²) < 4.78 is 8.90. The van der Waals surface area contributed by atoms with Gasteiger partial charge in [0, 0.05) is 0 Å². The van der Waals surface area contributed by atoms with Gasteiger partial charge in [-0.2, -0.15) is 0 Å². The van der Waals surface area contributed by atoms with E-state index in [1.54, 1.807) is 0 Å². The van der Waals surface area contributed by atoms with Crippen molar-refractivity contribution in [1.82, 2.24) is 19.9 Å². The first-order valence-electron chi connectivity index (χ1n) is 15.8. The third-order valence-corrected chi connectivity index (χ3v) is 11.4. The number of nitrogens with zero attached hydrogens (tertiary/aromatic N) is 4. The molecule has 0 radical (unpaired) electrons. The number of fused-ring (bicyclic) bond motifs is 9. The van der Waals surface area contributed by atoms with Crippen molar-refractivity contribution < 1.29 is 4.42 Å². The Balaban J connectivity index is 1.21. The summed E-state index contributed by atoms with van der Waals surface area (Å²) in [5, 5.41) is 7.35. The van der Waals surface area contributed by atoms with Crippen molar-refractivity contribution in [3.8, 4) is 45.6 Å². The average molecular weight is 680 g/mol. The Hall–Kier alpha value is -5.94. The van der Waals surface area contributed by atoms with Crippen molar-refractivity contribution in [2.24, 2.45) is 0 Å². The fourth-order valence-corrected chi connectivity index (χ4v) is 9.14. The number of benzene rings is 7. The van der Waals surface area contributed by atoms with Gasteiger partial charge >= 0.3 is 270 Å². The van der Waals surface area contributed by atoms with E-state index < -0.39 is 0 Å². The molecule has 6 heteroatoms. The van der Waals surface area contributed by atoms with Gasteiger partial charge in [0.05, 0.1) is 0 Å². The van der Waals surface area contributed by atoms with Crippen LogP contribution in [0.5, 0.6) is 0 Å². The van der Waals surface area contributed by atoms with Crippen molar-refractivity contribution in [2.75, 3.05) is 0 Å². The van der Waals surface area contributed by atoms with Crippen molar-refractivity contribution in [3.05, 3.63) is 146 Å². The summed E-state index contributed by atoms with van der Waals surface area (Å²) in [5.74, 6) is 2.62. The second kappa shape index (κ2) is 10.8. The predicted octanol–water partition coefficient (Wildman–Crippen LogP) is 10.4. The molecule has 0 N–H and O–H groups in total. The molecule has 0 aliphatic rings. The molecule has 0 spiro atoms. The zero-order valence-corrected chi connectivity index (χ0v) is 27.2. The quantitative estimate of drug-likeness (QED) is 0.137. The molecule has 0 aliphatic carbocycles. The molecule has 10 aromatic rings. The molecule has 0 saturated carbocycles.